The average Bonchev–Trinajstić information content (AvgIpc) is 3.10. The van der Waals surface area contributed by atoms with Gasteiger partial charge in [-0.3, -0.25) is 9.59 Å². The van der Waals surface area contributed by atoms with Gasteiger partial charge in [0.1, 0.15) is 0 Å². The quantitative estimate of drug-likeness (QED) is 0.660. The zero-order valence-corrected chi connectivity index (χ0v) is 12.1. The Morgan fingerprint density at radius 3 is 2.81 bits per heavy atom. The van der Waals surface area contributed by atoms with E-state index in [4.69, 9.17) is 5.11 Å². The first-order valence-corrected chi connectivity index (χ1v) is 7.50. The van der Waals surface area contributed by atoms with E-state index in [9.17, 15) is 14.4 Å². The van der Waals surface area contributed by atoms with Gasteiger partial charge in [0, 0.05) is 25.1 Å². The van der Waals surface area contributed by atoms with Crippen LogP contribution in [0.5, 0.6) is 0 Å². The number of hydrogen-bond acceptors (Lipinski definition) is 4. The van der Waals surface area contributed by atoms with E-state index in [1.165, 1.54) is 17.4 Å². The van der Waals surface area contributed by atoms with Gasteiger partial charge in [0.2, 0.25) is 5.91 Å². The fourth-order valence-electron chi connectivity index (χ4n) is 1.69. The highest BCUT2D eigenvalue weighted by Gasteiger charge is 2.22. The fourth-order valence-corrected chi connectivity index (χ4v) is 2.50. The van der Waals surface area contributed by atoms with Gasteiger partial charge in [-0.1, -0.05) is 0 Å². The van der Waals surface area contributed by atoms with Gasteiger partial charge < -0.3 is 15.7 Å². The summed E-state index contributed by atoms with van der Waals surface area (Å²) in [5.41, 5.74) is 0.558. The highest BCUT2D eigenvalue weighted by Crippen LogP contribution is 2.19. The molecule has 112 valence electrons. The van der Waals surface area contributed by atoms with E-state index in [0.717, 1.165) is 18.9 Å². The molecule has 21 heavy (non-hydrogen) atoms. The van der Waals surface area contributed by atoms with Crippen LogP contribution in [-0.4, -0.2) is 35.5 Å². The molecular weight excluding hydrogens is 292 g/mol. The Balaban J connectivity index is 1.81. The van der Waals surface area contributed by atoms with Crippen molar-refractivity contribution in [2.24, 2.45) is 0 Å². The summed E-state index contributed by atoms with van der Waals surface area (Å²) in [7, 11) is 0. The molecule has 6 nitrogen and oxygen atoms in total. The van der Waals surface area contributed by atoms with E-state index in [2.05, 4.69) is 10.6 Å². The second kappa shape index (κ2) is 7.03. The molecular formula is C14H16N2O4S. The molecule has 0 atom stereocenters. The van der Waals surface area contributed by atoms with Gasteiger partial charge in [0.05, 0.1) is 4.88 Å². The van der Waals surface area contributed by atoms with Crippen molar-refractivity contribution < 1.29 is 19.5 Å². The first-order valence-electron chi connectivity index (χ1n) is 6.62. The summed E-state index contributed by atoms with van der Waals surface area (Å²) < 4.78 is 0. The maximum atomic E-state index is 12.0. The molecule has 1 heterocycles. The number of amides is 2. The Bertz CT molecular complexity index is 575. The van der Waals surface area contributed by atoms with Crippen LogP contribution in [0.15, 0.2) is 17.5 Å². The van der Waals surface area contributed by atoms with Crippen molar-refractivity contribution in [2.75, 3.05) is 6.54 Å². The second-order valence-electron chi connectivity index (χ2n) is 4.72. The van der Waals surface area contributed by atoms with E-state index in [-0.39, 0.29) is 24.8 Å². The Hall–Kier alpha value is -2.15. The lowest BCUT2D eigenvalue weighted by Gasteiger charge is -2.05. The number of carbonyl (C=O) groups excluding carboxylic acids is 2. The predicted octanol–water partition coefficient (Wildman–Crippen LogP) is 1.24. The molecule has 0 radical (unpaired) electrons. The minimum Gasteiger partial charge on any atom is -0.478 e. The van der Waals surface area contributed by atoms with Gasteiger partial charge >= 0.3 is 5.97 Å². The molecule has 1 aliphatic carbocycles. The van der Waals surface area contributed by atoms with Crippen LogP contribution in [0.2, 0.25) is 0 Å². The maximum absolute atomic E-state index is 12.0. The fraction of sp³-hybridized carbons (Fsp3) is 0.357. The zero-order chi connectivity index (χ0) is 15.2. The van der Waals surface area contributed by atoms with E-state index in [1.807, 2.05) is 0 Å². The molecule has 1 aliphatic rings. The zero-order valence-electron chi connectivity index (χ0n) is 11.3. The van der Waals surface area contributed by atoms with E-state index < -0.39 is 5.97 Å². The molecule has 7 heteroatoms. The predicted molar refractivity (Wildman–Crippen MR) is 79.1 cm³/mol. The van der Waals surface area contributed by atoms with Gasteiger partial charge in [-0.2, -0.15) is 0 Å². The van der Waals surface area contributed by atoms with Gasteiger partial charge in [0.15, 0.2) is 0 Å². The van der Waals surface area contributed by atoms with Crippen LogP contribution in [0, 0.1) is 0 Å². The lowest BCUT2D eigenvalue weighted by Crippen LogP contribution is -2.31. The average molecular weight is 308 g/mol. The SMILES string of the molecule is O=C(O)C=Cc1ccsc1C(=O)NCCC(=O)NC1CC1. The smallest absolute Gasteiger partial charge is 0.328 e. The van der Waals surface area contributed by atoms with E-state index >= 15 is 0 Å². The summed E-state index contributed by atoms with van der Waals surface area (Å²) in [4.78, 5) is 34.4. The summed E-state index contributed by atoms with van der Waals surface area (Å²) >= 11 is 1.23. The molecule has 1 aromatic rings. The number of carboxylic acid groups (broad SMARTS) is 1. The van der Waals surface area contributed by atoms with Crippen molar-refractivity contribution in [2.45, 2.75) is 25.3 Å². The Kier molecular flexibility index (Phi) is 5.10. The topological polar surface area (TPSA) is 95.5 Å². The summed E-state index contributed by atoms with van der Waals surface area (Å²) in [5, 5.41) is 15.8. The van der Waals surface area contributed by atoms with Crippen molar-refractivity contribution in [1.82, 2.24) is 10.6 Å². The lowest BCUT2D eigenvalue weighted by atomic mass is 10.2. The third-order valence-electron chi connectivity index (χ3n) is 2.89. The molecule has 0 saturated heterocycles. The molecule has 1 aromatic heterocycles. The lowest BCUT2D eigenvalue weighted by molar-refractivity contribution is -0.131. The van der Waals surface area contributed by atoms with Crippen LogP contribution < -0.4 is 10.6 Å². The van der Waals surface area contributed by atoms with Crippen LogP contribution in [0.25, 0.3) is 6.08 Å². The number of hydrogen-bond donors (Lipinski definition) is 3. The number of nitrogens with one attached hydrogen (secondary N) is 2. The Morgan fingerprint density at radius 2 is 2.14 bits per heavy atom. The van der Waals surface area contributed by atoms with Crippen LogP contribution in [0.3, 0.4) is 0 Å². The monoisotopic (exact) mass is 308 g/mol. The molecule has 3 N–H and O–H groups in total. The number of carboxylic acids is 1. The normalized spacial score (nSPS) is 14.1. The van der Waals surface area contributed by atoms with Gasteiger partial charge in [-0.05, 0) is 35.9 Å². The largest absolute Gasteiger partial charge is 0.478 e. The van der Waals surface area contributed by atoms with Crippen molar-refractivity contribution in [1.29, 1.82) is 0 Å². The molecule has 2 rings (SSSR count). The molecule has 1 saturated carbocycles. The molecule has 0 aliphatic heterocycles. The van der Waals surface area contributed by atoms with Crippen molar-refractivity contribution in [3.63, 3.8) is 0 Å². The highest BCUT2D eigenvalue weighted by atomic mass is 32.1. The summed E-state index contributed by atoms with van der Waals surface area (Å²) in [6.45, 7) is 0.261. The van der Waals surface area contributed by atoms with E-state index in [1.54, 1.807) is 11.4 Å². The van der Waals surface area contributed by atoms with Crippen molar-refractivity contribution in [3.05, 3.63) is 28.0 Å². The molecule has 0 spiro atoms. The summed E-state index contributed by atoms with van der Waals surface area (Å²) in [6, 6.07) is 2.00. The first-order chi connectivity index (χ1) is 10.1. The van der Waals surface area contributed by atoms with Crippen molar-refractivity contribution >= 4 is 35.2 Å². The molecule has 0 aromatic carbocycles. The Morgan fingerprint density at radius 1 is 1.38 bits per heavy atom. The number of thiophene rings is 1. The van der Waals surface area contributed by atoms with Crippen molar-refractivity contribution in [3.8, 4) is 0 Å². The van der Waals surface area contributed by atoms with Crippen LogP contribution >= 0.6 is 11.3 Å². The minimum atomic E-state index is -1.07. The third kappa shape index (κ3) is 5.03. The van der Waals surface area contributed by atoms with Crippen LogP contribution in [-0.2, 0) is 9.59 Å². The standard InChI is InChI=1S/C14H16N2O4S/c17-11(16-10-2-3-10)5-7-15-14(20)13-9(6-8-21-13)1-4-12(18)19/h1,4,6,8,10H,2-3,5,7H2,(H,15,20)(H,16,17)(H,18,19). The minimum absolute atomic E-state index is 0.0602. The molecule has 2 amide bonds. The van der Waals surface area contributed by atoms with Gasteiger partial charge in [-0.15, -0.1) is 11.3 Å². The van der Waals surface area contributed by atoms with Crippen LogP contribution in [0.4, 0.5) is 0 Å². The van der Waals surface area contributed by atoms with E-state index in [0.29, 0.717) is 16.5 Å². The molecule has 0 unspecified atom stereocenters. The highest BCUT2D eigenvalue weighted by molar-refractivity contribution is 7.12. The molecule has 0 bridgehead atoms. The number of aliphatic carboxylic acids is 1. The Labute approximate surface area is 125 Å². The third-order valence-corrected chi connectivity index (χ3v) is 3.82. The number of carbonyl (C=O) groups is 3. The van der Waals surface area contributed by atoms with Gasteiger partial charge in [-0.25, -0.2) is 4.79 Å². The second-order valence-corrected chi connectivity index (χ2v) is 5.64. The molecule has 1 fully saturated rings. The maximum Gasteiger partial charge on any atom is 0.328 e. The van der Waals surface area contributed by atoms with Gasteiger partial charge in [0.25, 0.3) is 5.91 Å². The summed E-state index contributed by atoms with van der Waals surface area (Å²) in [6.07, 6.45) is 4.68. The van der Waals surface area contributed by atoms with Crippen LogP contribution in [0.1, 0.15) is 34.5 Å². The summed E-state index contributed by atoms with van der Waals surface area (Å²) in [5.74, 6) is -1.42. The first kappa shape index (κ1) is 15.2. The number of rotatable bonds is 7.